The number of nitrogens with one attached hydrogen (secondary N) is 2. The number of anilines is 2. The highest BCUT2D eigenvalue weighted by Gasteiger charge is 2.17. The highest BCUT2D eigenvalue weighted by Crippen LogP contribution is 2.22. The maximum Gasteiger partial charge on any atom is 0.241 e. The van der Waals surface area contributed by atoms with Gasteiger partial charge in [0.1, 0.15) is 5.82 Å². The summed E-state index contributed by atoms with van der Waals surface area (Å²) < 4.78 is 27.5. The van der Waals surface area contributed by atoms with Crippen LogP contribution in [0.1, 0.15) is 44.5 Å². The minimum Gasteiger partial charge on any atom is -0.394 e. The van der Waals surface area contributed by atoms with Crippen molar-refractivity contribution >= 4 is 21.9 Å². The molecule has 3 N–H and O–H groups in total. The lowest BCUT2D eigenvalue weighted by Crippen LogP contribution is -2.27. The molecule has 2 aromatic heterocycles. The Kier molecular flexibility index (Phi) is 7.92. The molecule has 0 amide bonds. The van der Waals surface area contributed by atoms with Gasteiger partial charge in [0.15, 0.2) is 0 Å². The van der Waals surface area contributed by atoms with Crippen molar-refractivity contribution in [3.8, 4) is 5.69 Å². The van der Waals surface area contributed by atoms with Gasteiger partial charge in [-0.05, 0) is 36.0 Å². The lowest BCUT2D eigenvalue weighted by Gasteiger charge is -2.19. The second-order valence-corrected chi connectivity index (χ2v) is 10.2. The molecule has 11 nitrogen and oxygen atoms in total. The van der Waals surface area contributed by atoms with Crippen LogP contribution in [0.25, 0.3) is 5.69 Å². The lowest BCUT2D eigenvalue weighted by atomic mass is 9.97. The predicted octanol–water partition coefficient (Wildman–Crippen LogP) is 1.99. The molecule has 0 aliphatic carbocycles. The van der Waals surface area contributed by atoms with Crippen LogP contribution < -0.4 is 10.0 Å². The summed E-state index contributed by atoms with van der Waals surface area (Å²) in [6.07, 6.45) is 5.60. The number of rotatable bonds is 11. The van der Waals surface area contributed by atoms with Crippen LogP contribution in [0.5, 0.6) is 0 Å². The minimum atomic E-state index is -3.56. The molecule has 0 saturated heterocycles. The van der Waals surface area contributed by atoms with Crippen LogP contribution in [0.15, 0.2) is 36.7 Å². The van der Waals surface area contributed by atoms with E-state index in [0.29, 0.717) is 24.6 Å². The minimum absolute atomic E-state index is 0.0556. The van der Waals surface area contributed by atoms with Crippen molar-refractivity contribution in [2.45, 2.75) is 45.6 Å². The van der Waals surface area contributed by atoms with Crippen LogP contribution in [0.4, 0.5) is 11.9 Å². The summed E-state index contributed by atoms with van der Waals surface area (Å²) in [4.78, 5) is 13.0. The molecule has 0 spiro atoms. The van der Waals surface area contributed by atoms with Crippen molar-refractivity contribution in [2.24, 2.45) is 5.92 Å². The number of benzene rings is 1. The van der Waals surface area contributed by atoms with E-state index in [1.54, 1.807) is 17.1 Å². The molecule has 3 rings (SSSR count). The molecular weight excluding hydrogens is 444 g/mol. The summed E-state index contributed by atoms with van der Waals surface area (Å²) >= 11 is 0. The number of aromatic nitrogens is 6. The molecule has 2 heterocycles. The second kappa shape index (κ2) is 10.7. The first-order valence-electron chi connectivity index (χ1n) is 10.7. The third kappa shape index (κ3) is 7.46. The molecule has 0 bridgehead atoms. The van der Waals surface area contributed by atoms with E-state index in [4.69, 9.17) is 0 Å². The van der Waals surface area contributed by atoms with Gasteiger partial charge in [-0.3, -0.25) is 4.72 Å². The molecule has 2 unspecified atom stereocenters. The number of nitrogens with zero attached hydrogens (tertiary/aromatic N) is 6. The Morgan fingerprint density at radius 2 is 1.76 bits per heavy atom. The van der Waals surface area contributed by atoms with Crippen LogP contribution >= 0.6 is 0 Å². The quantitative estimate of drug-likeness (QED) is 0.379. The fourth-order valence-corrected chi connectivity index (χ4v) is 3.83. The van der Waals surface area contributed by atoms with E-state index in [0.717, 1.165) is 17.5 Å². The van der Waals surface area contributed by atoms with Gasteiger partial charge in [-0.2, -0.15) is 15.0 Å². The monoisotopic (exact) mass is 474 g/mol. The number of hydrogen-bond donors (Lipinski definition) is 3. The van der Waals surface area contributed by atoms with E-state index in [1.165, 1.54) is 0 Å². The molecular formula is C21H30N8O3S. The van der Waals surface area contributed by atoms with E-state index in [1.807, 2.05) is 31.2 Å². The molecule has 178 valence electrons. The standard InChI is InChI=1S/C21H30N8O3S/c1-14(2)11-17(13-30)23-20-24-19(25-21(26-20)27-33(4,31)32)12-15(3)16-5-7-18(8-6-16)29-10-9-22-28-29/h5-10,14-15,17,30H,11-13H2,1-4H3,(H2,23,24,25,26,27). The first kappa shape index (κ1) is 24.5. The summed E-state index contributed by atoms with van der Waals surface area (Å²) in [7, 11) is -3.56. The number of aliphatic hydroxyl groups excluding tert-OH is 1. The Morgan fingerprint density at radius 1 is 1.06 bits per heavy atom. The third-order valence-corrected chi connectivity index (χ3v) is 5.46. The topological polar surface area (TPSA) is 148 Å². The van der Waals surface area contributed by atoms with Crippen LogP contribution in [-0.2, 0) is 16.4 Å². The molecule has 3 aromatic rings. The maximum absolute atomic E-state index is 11.7. The van der Waals surface area contributed by atoms with Gasteiger partial charge >= 0.3 is 0 Å². The average Bonchev–Trinajstić information content (AvgIpc) is 3.26. The van der Waals surface area contributed by atoms with Crippen LogP contribution in [0, 0.1) is 5.92 Å². The third-order valence-electron chi connectivity index (χ3n) is 4.91. The fraction of sp³-hybridized carbons (Fsp3) is 0.476. The largest absolute Gasteiger partial charge is 0.394 e. The van der Waals surface area contributed by atoms with Gasteiger partial charge in [0.25, 0.3) is 0 Å². The van der Waals surface area contributed by atoms with Crippen molar-refractivity contribution in [1.82, 2.24) is 29.9 Å². The Bertz CT molecular complexity index is 1130. The van der Waals surface area contributed by atoms with Gasteiger partial charge in [0.05, 0.1) is 37.0 Å². The summed E-state index contributed by atoms with van der Waals surface area (Å²) in [5.41, 5.74) is 1.97. The first-order chi connectivity index (χ1) is 15.6. The Labute approximate surface area is 193 Å². The molecule has 0 fully saturated rings. The molecule has 0 saturated carbocycles. The SMILES string of the molecule is CC(C)CC(CO)Nc1nc(CC(C)c2ccc(-n3ccnn3)cc2)nc(NS(C)(=O)=O)n1. The van der Waals surface area contributed by atoms with Gasteiger partial charge in [-0.1, -0.05) is 38.1 Å². The lowest BCUT2D eigenvalue weighted by molar-refractivity contribution is 0.259. The molecule has 1 aromatic carbocycles. The van der Waals surface area contributed by atoms with Gasteiger partial charge in [0, 0.05) is 6.42 Å². The Hall–Kier alpha value is -3.12. The summed E-state index contributed by atoms with van der Waals surface area (Å²) in [5.74, 6) is 1.01. The molecule has 0 radical (unpaired) electrons. The van der Waals surface area contributed by atoms with Crippen LogP contribution in [0.3, 0.4) is 0 Å². The van der Waals surface area contributed by atoms with Crippen molar-refractivity contribution in [3.05, 3.63) is 48.0 Å². The van der Waals surface area contributed by atoms with E-state index in [-0.39, 0.29) is 30.5 Å². The highest BCUT2D eigenvalue weighted by atomic mass is 32.2. The van der Waals surface area contributed by atoms with Crippen molar-refractivity contribution in [3.63, 3.8) is 0 Å². The highest BCUT2D eigenvalue weighted by molar-refractivity contribution is 7.91. The zero-order valence-electron chi connectivity index (χ0n) is 19.2. The van der Waals surface area contributed by atoms with Gasteiger partial charge in [0.2, 0.25) is 21.9 Å². The zero-order chi connectivity index (χ0) is 24.0. The smallest absolute Gasteiger partial charge is 0.241 e. The fourth-order valence-electron chi connectivity index (χ4n) is 3.41. The molecule has 33 heavy (non-hydrogen) atoms. The zero-order valence-corrected chi connectivity index (χ0v) is 20.0. The Morgan fingerprint density at radius 3 is 2.33 bits per heavy atom. The van der Waals surface area contributed by atoms with E-state index in [9.17, 15) is 13.5 Å². The summed E-state index contributed by atoms with van der Waals surface area (Å²) in [6, 6.07) is 7.66. The van der Waals surface area contributed by atoms with Gasteiger partial charge in [-0.25, -0.2) is 13.1 Å². The second-order valence-electron chi connectivity index (χ2n) is 8.47. The van der Waals surface area contributed by atoms with E-state index >= 15 is 0 Å². The van der Waals surface area contributed by atoms with E-state index in [2.05, 4.69) is 49.2 Å². The molecule has 2 atom stereocenters. The van der Waals surface area contributed by atoms with E-state index < -0.39 is 10.0 Å². The van der Waals surface area contributed by atoms with Crippen molar-refractivity contribution in [2.75, 3.05) is 22.9 Å². The summed E-state index contributed by atoms with van der Waals surface area (Å²) in [5, 5.41) is 20.6. The normalized spacial score (nSPS) is 13.6. The Balaban J connectivity index is 1.81. The molecule has 0 aliphatic heterocycles. The molecule has 0 aliphatic rings. The molecule has 12 heteroatoms. The number of hydrogen-bond acceptors (Lipinski definition) is 9. The van der Waals surface area contributed by atoms with Crippen molar-refractivity contribution < 1.29 is 13.5 Å². The number of aliphatic hydroxyl groups is 1. The van der Waals surface area contributed by atoms with Crippen LogP contribution in [-0.4, -0.2) is 62.4 Å². The van der Waals surface area contributed by atoms with Gasteiger partial charge < -0.3 is 10.4 Å². The summed E-state index contributed by atoms with van der Waals surface area (Å²) in [6.45, 7) is 6.05. The maximum atomic E-state index is 11.7. The average molecular weight is 475 g/mol. The van der Waals surface area contributed by atoms with Crippen molar-refractivity contribution in [1.29, 1.82) is 0 Å². The predicted molar refractivity (Wildman–Crippen MR) is 126 cm³/mol. The number of sulfonamides is 1. The first-order valence-corrected chi connectivity index (χ1v) is 12.6. The van der Waals surface area contributed by atoms with Crippen LogP contribution in [0.2, 0.25) is 0 Å². The van der Waals surface area contributed by atoms with Gasteiger partial charge in [-0.15, -0.1) is 5.10 Å².